The average Bonchev–Trinajstić information content (AvgIpc) is 2.94. The van der Waals surface area contributed by atoms with Crippen LogP contribution in [0.15, 0.2) is 42.9 Å². The molecule has 0 aliphatic heterocycles. The fraction of sp³-hybridized carbons (Fsp3) is 0.412. The fourth-order valence-electron chi connectivity index (χ4n) is 2.43. The van der Waals surface area contributed by atoms with Gasteiger partial charge in [-0.3, -0.25) is 4.79 Å². The molecule has 1 heterocycles. The molecule has 0 saturated heterocycles. The topological polar surface area (TPSA) is 64.2 Å². The number of aromatic nitrogens is 2. The van der Waals surface area contributed by atoms with Crippen molar-refractivity contribution in [1.82, 2.24) is 14.5 Å². The van der Waals surface area contributed by atoms with Gasteiger partial charge in [-0.1, -0.05) is 37.3 Å². The lowest BCUT2D eigenvalue weighted by atomic mass is 10.1. The van der Waals surface area contributed by atoms with Crippen LogP contribution in [0.2, 0.25) is 0 Å². The fourth-order valence-corrected chi connectivity index (χ4v) is 2.43. The second kappa shape index (κ2) is 7.75. The van der Waals surface area contributed by atoms with Gasteiger partial charge in [0.1, 0.15) is 0 Å². The van der Waals surface area contributed by atoms with Crippen LogP contribution in [0, 0.1) is 0 Å². The highest BCUT2D eigenvalue weighted by atomic mass is 16.2. The molecule has 1 aromatic carbocycles. The van der Waals surface area contributed by atoms with Crippen LogP contribution in [-0.2, 0) is 17.8 Å². The molecule has 2 aromatic rings. The Morgan fingerprint density at radius 2 is 2.09 bits per heavy atom. The van der Waals surface area contributed by atoms with E-state index in [9.17, 15) is 4.79 Å². The van der Waals surface area contributed by atoms with Crippen molar-refractivity contribution in [2.45, 2.75) is 32.4 Å². The van der Waals surface area contributed by atoms with E-state index in [1.165, 1.54) is 5.56 Å². The van der Waals surface area contributed by atoms with Gasteiger partial charge >= 0.3 is 0 Å². The van der Waals surface area contributed by atoms with Crippen molar-refractivity contribution >= 4 is 5.91 Å². The summed E-state index contributed by atoms with van der Waals surface area (Å²) in [5.74, 6) is -0.0283. The van der Waals surface area contributed by atoms with Crippen molar-refractivity contribution in [1.29, 1.82) is 0 Å². The first-order chi connectivity index (χ1) is 10.6. The molecule has 0 fully saturated rings. The van der Waals surface area contributed by atoms with E-state index >= 15 is 0 Å². The summed E-state index contributed by atoms with van der Waals surface area (Å²) in [5.41, 5.74) is 8.07. The minimum atomic E-state index is -0.531. The minimum Gasteiger partial charge on any atom is -0.344 e. The molecule has 5 heteroatoms. The number of amides is 1. The Hall–Kier alpha value is -2.14. The molecule has 1 atom stereocenters. The molecule has 0 spiro atoms. The molecular formula is C17H24N4O. The third kappa shape index (κ3) is 4.43. The maximum atomic E-state index is 12.1. The van der Waals surface area contributed by atoms with Crippen molar-refractivity contribution in [2.75, 3.05) is 13.6 Å². The van der Waals surface area contributed by atoms with Crippen LogP contribution in [0.5, 0.6) is 0 Å². The molecular weight excluding hydrogens is 276 g/mol. The summed E-state index contributed by atoms with van der Waals surface area (Å²) in [6, 6.07) is 9.66. The third-order valence-electron chi connectivity index (χ3n) is 3.58. The second-order valence-electron chi connectivity index (χ2n) is 5.59. The lowest BCUT2D eigenvalue weighted by molar-refractivity contribution is -0.131. The number of benzene rings is 1. The number of hydrogen-bond donors (Lipinski definition) is 1. The van der Waals surface area contributed by atoms with E-state index in [2.05, 4.69) is 17.1 Å². The van der Waals surface area contributed by atoms with Crippen molar-refractivity contribution in [2.24, 2.45) is 5.73 Å². The molecule has 0 saturated carbocycles. The van der Waals surface area contributed by atoms with Gasteiger partial charge in [0.2, 0.25) is 5.91 Å². The van der Waals surface area contributed by atoms with Gasteiger partial charge in [0.05, 0.1) is 18.1 Å². The third-order valence-corrected chi connectivity index (χ3v) is 3.58. The van der Waals surface area contributed by atoms with Gasteiger partial charge in [0, 0.05) is 32.8 Å². The van der Waals surface area contributed by atoms with E-state index in [1.807, 2.05) is 35.9 Å². The predicted molar refractivity (Wildman–Crippen MR) is 87.4 cm³/mol. The van der Waals surface area contributed by atoms with Gasteiger partial charge in [0.25, 0.3) is 0 Å². The van der Waals surface area contributed by atoms with Crippen molar-refractivity contribution in [3.63, 3.8) is 0 Å². The molecule has 2 rings (SSSR count). The van der Waals surface area contributed by atoms with Crippen LogP contribution in [0.3, 0.4) is 0 Å². The quantitative estimate of drug-likeness (QED) is 0.846. The Morgan fingerprint density at radius 1 is 1.36 bits per heavy atom. The molecule has 0 bridgehead atoms. The number of imidazole rings is 1. The molecule has 0 aliphatic rings. The molecule has 0 unspecified atom stereocenters. The Kier molecular flexibility index (Phi) is 5.72. The highest BCUT2D eigenvalue weighted by molar-refractivity contribution is 5.81. The standard InChI is InChI=1S/C17H24N4O/c1-3-9-20(2)17(22)16(18)10-15-12-21(13-19-15)11-14-7-5-4-6-8-14/h4-8,12-13,16H,3,9-11,18H2,1-2H3/t16-/m0/s1. The lowest BCUT2D eigenvalue weighted by Crippen LogP contribution is -2.43. The molecule has 2 N–H and O–H groups in total. The van der Waals surface area contributed by atoms with E-state index in [1.54, 1.807) is 18.3 Å². The van der Waals surface area contributed by atoms with Crippen LogP contribution in [0.25, 0.3) is 0 Å². The van der Waals surface area contributed by atoms with Crippen LogP contribution in [0.4, 0.5) is 0 Å². The highest BCUT2D eigenvalue weighted by Crippen LogP contribution is 2.06. The Labute approximate surface area is 131 Å². The van der Waals surface area contributed by atoms with Gasteiger partial charge < -0.3 is 15.2 Å². The molecule has 0 radical (unpaired) electrons. The molecule has 1 aromatic heterocycles. The Bertz CT molecular complexity index is 594. The zero-order valence-corrected chi connectivity index (χ0v) is 13.3. The molecule has 5 nitrogen and oxygen atoms in total. The monoisotopic (exact) mass is 300 g/mol. The Balaban J connectivity index is 1.93. The molecule has 118 valence electrons. The highest BCUT2D eigenvalue weighted by Gasteiger charge is 2.18. The first-order valence-electron chi connectivity index (χ1n) is 7.65. The number of carbonyl (C=O) groups is 1. The average molecular weight is 300 g/mol. The van der Waals surface area contributed by atoms with E-state index < -0.39 is 6.04 Å². The van der Waals surface area contributed by atoms with Gasteiger partial charge in [-0.2, -0.15) is 0 Å². The summed E-state index contributed by atoms with van der Waals surface area (Å²) in [7, 11) is 1.79. The number of nitrogens with two attached hydrogens (primary N) is 1. The molecule has 0 aliphatic carbocycles. The van der Waals surface area contributed by atoms with E-state index in [0.29, 0.717) is 6.42 Å². The summed E-state index contributed by atoms with van der Waals surface area (Å²) in [5, 5.41) is 0. The maximum Gasteiger partial charge on any atom is 0.239 e. The van der Waals surface area contributed by atoms with E-state index in [4.69, 9.17) is 5.73 Å². The van der Waals surface area contributed by atoms with Crippen molar-refractivity contribution in [3.8, 4) is 0 Å². The van der Waals surface area contributed by atoms with Crippen molar-refractivity contribution in [3.05, 3.63) is 54.1 Å². The van der Waals surface area contributed by atoms with Gasteiger partial charge in [-0.15, -0.1) is 0 Å². The molecule has 1 amide bonds. The zero-order valence-electron chi connectivity index (χ0n) is 13.3. The van der Waals surface area contributed by atoms with Crippen LogP contribution in [0.1, 0.15) is 24.6 Å². The van der Waals surface area contributed by atoms with E-state index in [-0.39, 0.29) is 5.91 Å². The largest absolute Gasteiger partial charge is 0.344 e. The molecule has 22 heavy (non-hydrogen) atoms. The summed E-state index contributed by atoms with van der Waals surface area (Å²) in [6.45, 7) is 3.54. The SMILES string of the molecule is CCCN(C)C(=O)[C@@H](N)Cc1cn(Cc2ccccc2)cn1. The minimum absolute atomic E-state index is 0.0283. The number of carbonyl (C=O) groups excluding carboxylic acids is 1. The van der Waals surface area contributed by atoms with Gasteiger partial charge in [-0.05, 0) is 12.0 Å². The second-order valence-corrected chi connectivity index (χ2v) is 5.59. The first-order valence-corrected chi connectivity index (χ1v) is 7.65. The summed E-state index contributed by atoms with van der Waals surface area (Å²) < 4.78 is 2.01. The number of likely N-dealkylation sites (N-methyl/N-ethyl adjacent to an activating group) is 1. The predicted octanol–water partition coefficient (Wildman–Crippen LogP) is 1.67. The van der Waals surface area contributed by atoms with Crippen LogP contribution >= 0.6 is 0 Å². The van der Waals surface area contributed by atoms with Crippen LogP contribution in [-0.4, -0.2) is 40.0 Å². The Morgan fingerprint density at radius 3 is 2.77 bits per heavy atom. The number of nitrogens with zero attached hydrogens (tertiary/aromatic N) is 3. The maximum absolute atomic E-state index is 12.1. The number of hydrogen-bond acceptors (Lipinski definition) is 3. The van der Waals surface area contributed by atoms with Gasteiger partial charge in [0.15, 0.2) is 0 Å². The summed E-state index contributed by atoms with van der Waals surface area (Å²) >= 11 is 0. The number of rotatable bonds is 7. The van der Waals surface area contributed by atoms with Gasteiger partial charge in [-0.25, -0.2) is 4.98 Å². The van der Waals surface area contributed by atoms with E-state index in [0.717, 1.165) is 25.2 Å². The summed E-state index contributed by atoms with van der Waals surface area (Å²) in [6.07, 6.45) is 5.14. The zero-order chi connectivity index (χ0) is 15.9. The lowest BCUT2D eigenvalue weighted by Gasteiger charge is -2.20. The first kappa shape index (κ1) is 16.2. The normalized spacial score (nSPS) is 12.1. The van der Waals surface area contributed by atoms with Crippen molar-refractivity contribution < 1.29 is 4.79 Å². The summed E-state index contributed by atoms with van der Waals surface area (Å²) in [4.78, 5) is 18.1. The smallest absolute Gasteiger partial charge is 0.239 e. The van der Waals surface area contributed by atoms with Crippen LogP contribution < -0.4 is 5.73 Å².